The maximum atomic E-state index is 12.7. The van der Waals surface area contributed by atoms with Crippen molar-refractivity contribution in [1.29, 1.82) is 0 Å². The van der Waals surface area contributed by atoms with E-state index in [-0.39, 0.29) is 5.97 Å². The van der Waals surface area contributed by atoms with Gasteiger partial charge in [-0.15, -0.1) is 0 Å². The van der Waals surface area contributed by atoms with Gasteiger partial charge >= 0.3 is 17.9 Å². The standard InChI is InChI=1S/C39H46O7/c1-3-5-6-11-28-43-35-25-21-33(22-26-35)32-17-19-34(20-18-32)39(42)46-36-23-14-31(15-24-36)16-27-38(41)45-30-13-10-8-7-9-12-29-44-37(40)4-2/h4,14-27H,2-3,5-13,28-30H2,1H3/b27-16+. The van der Waals surface area contributed by atoms with Gasteiger partial charge < -0.3 is 18.9 Å². The minimum Gasteiger partial charge on any atom is -0.494 e. The number of unbranched alkanes of at least 4 members (excludes halogenated alkanes) is 8. The lowest BCUT2D eigenvalue weighted by Crippen LogP contribution is -2.08. The zero-order valence-electron chi connectivity index (χ0n) is 26.9. The number of benzene rings is 3. The van der Waals surface area contributed by atoms with E-state index in [0.29, 0.717) is 24.5 Å². The maximum Gasteiger partial charge on any atom is 0.343 e. The molecule has 0 unspecified atom stereocenters. The highest BCUT2D eigenvalue weighted by Gasteiger charge is 2.09. The van der Waals surface area contributed by atoms with Crippen LogP contribution in [0.3, 0.4) is 0 Å². The predicted molar refractivity (Wildman–Crippen MR) is 182 cm³/mol. The molecule has 3 rings (SSSR count). The molecule has 0 aliphatic rings. The molecule has 0 spiro atoms. The summed E-state index contributed by atoms with van der Waals surface area (Å²) in [6.07, 6.45) is 14.6. The van der Waals surface area contributed by atoms with Gasteiger partial charge in [0.05, 0.1) is 25.4 Å². The van der Waals surface area contributed by atoms with Gasteiger partial charge in [-0.2, -0.15) is 0 Å². The molecule has 7 nitrogen and oxygen atoms in total. The van der Waals surface area contributed by atoms with Gasteiger partial charge in [-0.1, -0.05) is 94.8 Å². The van der Waals surface area contributed by atoms with Crippen LogP contribution in [-0.4, -0.2) is 37.7 Å². The average molecular weight is 627 g/mol. The quantitative estimate of drug-likeness (QED) is 0.0504. The zero-order chi connectivity index (χ0) is 32.8. The average Bonchev–Trinajstić information content (AvgIpc) is 3.09. The molecule has 244 valence electrons. The highest BCUT2D eigenvalue weighted by atomic mass is 16.5. The number of hydrogen-bond donors (Lipinski definition) is 0. The molecule has 0 aromatic heterocycles. The number of esters is 3. The van der Waals surface area contributed by atoms with Crippen molar-refractivity contribution in [3.8, 4) is 22.6 Å². The van der Waals surface area contributed by atoms with Crippen LogP contribution in [0.25, 0.3) is 17.2 Å². The second-order valence-electron chi connectivity index (χ2n) is 11.0. The molecular weight excluding hydrogens is 580 g/mol. The van der Waals surface area contributed by atoms with Gasteiger partial charge in [0.1, 0.15) is 11.5 Å². The Labute approximate surface area is 273 Å². The van der Waals surface area contributed by atoms with Gasteiger partial charge in [0.15, 0.2) is 0 Å². The van der Waals surface area contributed by atoms with Crippen molar-refractivity contribution in [2.24, 2.45) is 0 Å². The Hall–Kier alpha value is -4.65. The first-order valence-corrected chi connectivity index (χ1v) is 16.3. The lowest BCUT2D eigenvalue weighted by Gasteiger charge is -2.08. The van der Waals surface area contributed by atoms with Gasteiger partial charge in [-0.05, 0) is 78.4 Å². The fraction of sp³-hybridized carbons (Fsp3) is 0.359. The van der Waals surface area contributed by atoms with E-state index < -0.39 is 11.9 Å². The Morgan fingerprint density at radius 2 is 1.13 bits per heavy atom. The van der Waals surface area contributed by atoms with Crippen LogP contribution in [-0.2, 0) is 19.1 Å². The van der Waals surface area contributed by atoms with E-state index in [1.165, 1.54) is 31.4 Å². The zero-order valence-corrected chi connectivity index (χ0v) is 26.9. The summed E-state index contributed by atoms with van der Waals surface area (Å²) in [7, 11) is 0. The summed E-state index contributed by atoms with van der Waals surface area (Å²) in [6.45, 7) is 7.08. The fourth-order valence-electron chi connectivity index (χ4n) is 4.60. The molecule has 0 heterocycles. The van der Waals surface area contributed by atoms with Crippen molar-refractivity contribution in [3.63, 3.8) is 0 Å². The van der Waals surface area contributed by atoms with E-state index in [2.05, 4.69) is 13.5 Å². The predicted octanol–water partition coefficient (Wildman–Crippen LogP) is 9.16. The molecule has 0 amide bonds. The van der Waals surface area contributed by atoms with Crippen molar-refractivity contribution >= 4 is 24.0 Å². The molecule has 0 aliphatic carbocycles. The summed E-state index contributed by atoms with van der Waals surface area (Å²) in [4.78, 5) is 35.7. The molecule has 3 aromatic carbocycles. The number of rotatable bonds is 21. The molecule has 0 saturated heterocycles. The first kappa shape index (κ1) is 35.8. The van der Waals surface area contributed by atoms with Crippen molar-refractivity contribution in [3.05, 3.63) is 103 Å². The number of carbonyl (C=O) groups excluding carboxylic acids is 3. The lowest BCUT2D eigenvalue weighted by atomic mass is 10.0. The van der Waals surface area contributed by atoms with E-state index in [1.807, 2.05) is 36.4 Å². The van der Waals surface area contributed by atoms with Crippen LogP contribution in [0.1, 0.15) is 87.1 Å². The van der Waals surface area contributed by atoms with Crippen LogP contribution < -0.4 is 9.47 Å². The van der Waals surface area contributed by atoms with E-state index in [1.54, 1.807) is 42.5 Å². The Kier molecular flexibility index (Phi) is 16.5. The van der Waals surface area contributed by atoms with Gasteiger partial charge in [0.25, 0.3) is 0 Å². The maximum absolute atomic E-state index is 12.7. The molecule has 7 heteroatoms. The van der Waals surface area contributed by atoms with E-state index in [4.69, 9.17) is 18.9 Å². The third-order valence-electron chi connectivity index (χ3n) is 7.27. The molecule has 0 saturated carbocycles. The summed E-state index contributed by atoms with van der Waals surface area (Å²) in [6, 6.07) is 22.2. The molecular formula is C39H46O7. The monoisotopic (exact) mass is 626 g/mol. The van der Waals surface area contributed by atoms with Gasteiger partial charge in [-0.3, -0.25) is 0 Å². The highest BCUT2D eigenvalue weighted by molar-refractivity contribution is 5.92. The summed E-state index contributed by atoms with van der Waals surface area (Å²) in [5.74, 6) is 0.0461. The number of carbonyl (C=O) groups is 3. The molecule has 46 heavy (non-hydrogen) atoms. The number of ether oxygens (including phenoxy) is 4. The minimum absolute atomic E-state index is 0.372. The Morgan fingerprint density at radius 3 is 1.74 bits per heavy atom. The second kappa shape index (κ2) is 21.2. The van der Waals surface area contributed by atoms with Crippen LogP contribution >= 0.6 is 0 Å². The summed E-state index contributed by atoms with van der Waals surface area (Å²) in [5.41, 5.74) is 3.28. The van der Waals surface area contributed by atoms with Crippen LogP contribution in [0.2, 0.25) is 0 Å². The van der Waals surface area contributed by atoms with Crippen molar-refractivity contribution in [2.45, 2.75) is 71.1 Å². The first-order valence-electron chi connectivity index (χ1n) is 16.3. The largest absolute Gasteiger partial charge is 0.494 e. The molecule has 0 bridgehead atoms. The SMILES string of the molecule is C=CC(=O)OCCCCCCCCOC(=O)/C=C/c1ccc(OC(=O)c2ccc(-c3ccc(OCCCCCC)cc3)cc2)cc1. The Morgan fingerprint density at radius 1 is 0.609 bits per heavy atom. The molecule has 0 N–H and O–H groups in total. The van der Waals surface area contributed by atoms with Crippen molar-refractivity contribution < 1.29 is 33.3 Å². The third kappa shape index (κ3) is 14.0. The molecule has 3 aromatic rings. The van der Waals surface area contributed by atoms with Crippen molar-refractivity contribution in [1.82, 2.24) is 0 Å². The normalized spacial score (nSPS) is 10.8. The Bertz CT molecular complexity index is 1370. The first-order chi connectivity index (χ1) is 22.5. The summed E-state index contributed by atoms with van der Waals surface area (Å²) in [5, 5.41) is 0. The summed E-state index contributed by atoms with van der Waals surface area (Å²) >= 11 is 0. The third-order valence-corrected chi connectivity index (χ3v) is 7.27. The van der Waals surface area contributed by atoms with E-state index in [0.717, 1.165) is 74.0 Å². The minimum atomic E-state index is -0.445. The van der Waals surface area contributed by atoms with Crippen LogP contribution in [0.15, 0.2) is 91.5 Å². The van der Waals surface area contributed by atoms with Gasteiger partial charge in [-0.25, -0.2) is 14.4 Å². The molecule has 0 fully saturated rings. The Balaban J connectivity index is 1.33. The molecule has 0 aliphatic heterocycles. The fourth-order valence-corrected chi connectivity index (χ4v) is 4.60. The van der Waals surface area contributed by atoms with Crippen LogP contribution in [0.5, 0.6) is 11.5 Å². The van der Waals surface area contributed by atoms with E-state index >= 15 is 0 Å². The molecule has 0 atom stereocenters. The summed E-state index contributed by atoms with van der Waals surface area (Å²) < 4.78 is 21.6. The van der Waals surface area contributed by atoms with Gasteiger partial charge in [0, 0.05) is 12.2 Å². The van der Waals surface area contributed by atoms with Crippen LogP contribution in [0, 0.1) is 0 Å². The van der Waals surface area contributed by atoms with Gasteiger partial charge in [0.2, 0.25) is 0 Å². The van der Waals surface area contributed by atoms with Crippen molar-refractivity contribution in [2.75, 3.05) is 19.8 Å². The smallest absolute Gasteiger partial charge is 0.343 e. The number of hydrogen-bond acceptors (Lipinski definition) is 7. The van der Waals surface area contributed by atoms with Crippen LogP contribution in [0.4, 0.5) is 0 Å². The van der Waals surface area contributed by atoms with E-state index in [9.17, 15) is 14.4 Å². The highest BCUT2D eigenvalue weighted by Crippen LogP contribution is 2.24. The topological polar surface area (TPSA) is 88.1 Å². The second-order valence-corrected chi connectivity index (χ2v) is 11.0. The lowest BCUT2D eigenvalue weighted by molar-refractivity contribution is -0.138. The molecule has 0 radical (unpaired) electrons.